The molecular weight excluding hydrogens is 755 g/mol. The summed E-state index contributed by atoms with van der Waals surface area (Å²) >= 11 is 0. The van der Waals surface area contributed by atoms with Crippen molar-refractivity contribution in [3.05, 3.63) is 151 Å². The number of hydrogen-bond donors (Lipinski definition) is 0. The summed E-state index contributed by atoms with van der Waals surface area (Å²) in [5.74, 6) is 0.962. The molecule has 47 heavy (non-hydrogen) atoms. The average molecular weight is 794 g/mol. The van der Waals surface area contributed by atoms with Crippen LogP contribution in [0.5, 0.6) is 0 Å². The third-order valence-corrected chi connectivity index (χ3v) is 9.99. The van der Waals surface area contributed by atoms with Crippen LogP contribution in [-0.4, -0.2) is 20.4 Å². The fourth-order valence-corrected chi connectivity index (χ4v) is 7.04. The van der Waals surface area contributed by atoms with E-state index >= 15 is 0 Å². The average Bonchev–Trinajstić information content (AvgIpc) is 3.63. The van der Waals surface area contributed by atoms with Gasteiger partial charge in [0.15, 0.2) is 5.82 Å². The van der Waals surface area contributed by atoms with Crippen molar-refractivity contribution in [2.45, 2.75) is 58.0 Å². The summed E-state index contributed by atoms with van der Waals surface area (Å²) in [4.78, 5) is 9.23. The van der Waals surface area contributed by atoms with Gasteiger partial charge in [0.25, 0.3) is 0 Å². The summed E-state index contributed by atoms with van der Waals surface area (Å²) in [6.45, 7) is 13.7. The molecule has 0 saturated carbocycles. The molecule has 4 heterocycles. The van der Waals surface area contributed by atoms with E-state index in [9.17, 15) is 0 Å². The molecule has 0 atom stereocenters. The monoisotopic (exact) mass is 794 g/mol. The Morgan fingerprint density at radius 1 is 0.638 bits per heavy atom. The van der Waals surface area contributed by atoms with Crippen LogP contribution < -0.4 is 9.80 Å². The van der Waals surface area contributed by atoms with E-state index in [2.05, 4.69) is 152 Å². The Kier molecular flexibility index (Phi) is 8.46. The van der Waals surface area contributed by atoms with Gasteiger partial charge in [-0.15, -0.1) is 11.6 Å². The van der Waals surface area contributed by atoms with Crippen LogP contribution in [0.1, 0.15) is 52.8 Å². The van der Waals surface area contributed by atoms with E-state index in [1.807, 2.05) is 48.8 Å². The van der Waals surface area contributed by atoms with Gasteiger partial charge in [0.1, 0.15) is 5.66 Å². The number of benzene rings is 4. The van der Waals surface area contributed by atoms with Crippen LogP contribution in [0.15, 0.2) is 128 Å². The minimum atomic E-state index is -0.282. The van der Waals surface area contributed by atoms with E-state index in [-0.39, 0.29) is 36.6 Å². The molecule has 0 unspecified atom stereocenters. The van der Waals surface area contributed by atoms with E-state index < -0.39 is 0 Å². The van der Waals surface area contributed by atoms with E-state index in [0.29, 0.717) is 0 Å². The van der Waals surface area contributed by atoms with Crippen molar-refractivity contribution in [3.8, 4) is 16.8 Å². The summed E-state index contributed by atoms with van der Waals surface area (Å²) in [5.41, 5.74) is 9.05. The molecule has 0 bridgehead atoms. The standard InChI is InChI=1S/C21H21N2.C20H18N3.Ir/c1-20(2)17-12-8-9-13-18(17)23-19(21(20,3)4)16(14-22-23)15-10-6-5-7-11-15;1-20(2)22(16-10-5-3-6-11-16)18-14-9-15-21-19(18)23(20)17-12-7-4-8-13-17;/h5-12,14H,1-4H3;3-12,14-15H,1-2H3;/q2*-1;. The van der Waals surface area contributed by atoms with Gasteiger partial charge in [0.2, 0.25) is 0 Å². The van der Waals surface area contributed by atoms with Crippen molar-refractivity contribution in [1.82, 2.24) is 14.8 Å². The molecule has 2 aliphatic heterocycles. The second-order valence-corrected chi connectivity index (χ2v) is 13.5. The zero-order valence-electron chi connectivity index (χ0n) is 27.7. The molecule has 239 valence electrons. The van der Waals surface area contributed by atoms with Crippen molar-refractivity contribution in [2.24, 2.45) is 0 Å². The maximum atomic E-state index is 4.72. The Labute approximate surface area is 292 Å². The molecular formula is C41H39IrN5-2. The van der Waals surface area contributed by atoms with Crippen molar-refractivity contribution in [3.63, 3.8) is 0 Å². The van der Waals surface area contributed by atoms with Crippen LogP contribution in [0.3, 0.4) is 0 Å². The molecule has 0 aliphatic carbocycles. The van der Waals surface area contributed by atoms with E-state index in [4.69, 9.17) is 5.10 Å². The third kappa shape index (κ3) is 5.21. The van der Waals surface area contributed by atoms with Crippen molar-refractivity contribution >= 4 is 22.9 Å². The molecule has 2 aliphatic rings. The van der Waals surface area contributed by atoms with Crippen LogP contribution in [0, 0.1) is 12.1 Å². The van der Waals surface area contributed by atoms with Crippen LogP contribution in [0.2, 0.25) is 0 Å². The number of pyridine rings is 1. The normalized spacial score (nSPS) is 16.1. The predicted molar refractivity (Wildman–Crippen MR) is 188 cm³/mol. The first-order valence-corrected chi connectivity index (χ1v) is 15.9. The predicted octanol–water partition coefficient (Wildman–Crippen LogP) is 9.81. The Hall–Kier alpha value is -4.51. The van der Waals surface area contributed by atoms with Crippen LogP contribution in [0.25, 0.3) is 16.8 Å². The molecule has 0 fully saturated rings. The van der Waals surface area contributed by atoms with Gasteiger partial charge in [-0.05, 0) is 54.8 Å². The quantitative estimate of drug-likeness (QED) is 0.167. The van der Waals surface area contributed by atoms with Crippen LogP contribution in [0.4, 0.5) is 22.9 Å². The molecule has 4 aromatic carbocycles. The minimum Gasteiger partial charge on any atom is -0.325 e. The second kappa shape index (κ2) is 12.3. The van der Waals surface area contributed by atoms with Gasteiger partial charge in [0, 0.05) is 43.0 Å². The molecule has 6 aromatic rings. The van der Waals surface area contributed by atoms with Gasteiger partial charge in [-0.1, -0.05) is 81.9 Å². The fourth-order valence-electron chi connectivity index (χ4n) is 7.04. The number of nitrogens with zero attached hydrogens (tertiary/aromatic N) is 5. The number of para-hydroxylation sites is 3. The van der Waals surface area contributed by atoms with Gasteiger partial charge in [-0.3, -0.25) is 4.68 Å². The maximum absolute atomic E-state index is 4.72. The molecule has 8 rings (SSSR count). The van der Waals surface area contributed by atoms with Crippen LogP contribution in [-0.2, 0) is 30.9 Å². The molecule has 0 N–H and O–H groups in total. The zero-order chi connectivity index (χ0) is 32.1. The maximum Gasteiger partial charge on any atom is 0.157 e. The summed E-state index contributed by atoms with van der Waals surface area (Å²) in [5, 5.41) is 4.72. The molecule has 2 aromatic heterocycles. The Bertz CT molecular complexity index is 1900. The summed E-state index contributed by atoms with van der Waals surface area (Å²) in [6, 6.07) is 46.1. The fraction of sp³-hybridized carbons (Fsp3) is 0.220. The van der Waals surface area contributed by atoms with Gasteiger partial charge in [-0.2, -0.15) is 53.6 Å². The molecule has 6 heteroatoms. The second-order valence-electron chi connectivity index (χ2n) is 13.5. The van der Waals surface area contributed by atoms with Gasteiger partial charge < -0.3 is 9.80 Å². The smallest absolute Gasteiger partial charge is 0.157 e. The van der Waals surface area contributed by atoms with Gasteiger partial charge >= 0.3 is 0 Å². The largest absolute Gasteiger partial charge is 0.325 e. The van der Waals surface area contributed by atoms with E-state index in [0.717, 1.165) is 28.6 Å². The number of fused-ring (bicyclic) bond motifs is 4. The first kappa shape index (κ1) is 32.4. The van der Waals surface area contributed by atoms with Crippen molar-refractivity contribution in [2.75, 3.05) is 9.80 Å². The van der Waals surface area contributed by atoms with Gasteiger partial charge in [-0.25, -0.2) is 4.98 Å². The Morgan fingerprint density at radius 2 is 1.32 bits per heavy atom. The third-order valence-electron chi connectivity index (χ3n) is 9.99. The number of aromatic nitrogens is 3. The minimum absolute atomic E-state index is 0. The first-order valence-electron chi connectivity index (χ1n) is 15.9. The van der Waals surface area contributed by atoms with E-state index in [1.54, 1.807) is 0 Å². The summed E-state index contributed by atoms with van der Waals surface area (Å²) < 4.78 is 2.09. The van der Waals surface area contributed by atoms with Gasteiger partial charge in [0.05, 0.1) is 17.6 Å². The Morgan fingerprint density at radius 3 is 2.02 bits per heavy atom. The molecule has 0 amide bonds. The molecule has 1 radical (unpaired) electrons. The summed E-state index contributed by atoms with van der Waals surface area (Å²) in [6.07, 6.45) is 3.85. The molecule has 0 spiro atoms. The number of anilines is 4. The zero-order valence-corrected chi connectivity index (χ0v) is 30.1. The Balaban J connectivity index is 0.000000161. The number of rotatable bonds is 3. The topological polar surface area (TPSA) is 37.2 Å². The number of hydrogen-bond acceptors (Lipinski definition) is 4. The van der Waals surface area contributed by atoms with Crippen molar-refractivity contribution in [1.29, 1.82) is 0 Å². The van der Waals surface area contributed by atoms with Crippen LogP contribution >= 0.6 is 0 Å². The molecule has 5 nitrogen and oxygen atoms in total. The summed E-state index contributed by atoms with van der Waals surface area (Å²) in [7, 11) is 0. The van der Waals surface area contributed by atoms with Crippen molar-refractivity contribution < 1.29 is 20.1 Å². The molecule has 0 saturated heterocycles. The SMILES string of the molecule is CC1(C)N(c2ccccc2)c2cccnc2N1c1[c-]cccc1.CC1(C)c2ccc[c-]c2-n2ncc(-c3ccccc3)c2C1(C)C.[Ir]. The first-order chi connectivity index (χ1) is 22.1. The van der Waals surface area contributed by atoms with E-state index in [1.165, 1.54) is 22.4 Å².